The van der Waals surface area contributed by atoms with Crippen LogP contribution in [0.2, 0.25) is 0 Å². The number of anilines is 3. The minimum absolute atomic E-state index is 0.0383. The van der Waals surface area contributed by atoms with Crippen LogP contribution in [0.25, 0.3) is 11.1 Å². The summed E-state index contributed by atoms with van der Waals surface area (Å²) in [6.45, 7) is 3.45. The number of carboxylic acid groups (broad SMARTS) is 1. The molecular formula is C22H21FN6O3. The van der Waals surface area contributed by atoms with E-state index in [0.29, 0.717) is 42.4 Å². The SMILES string of the molecule is CCOCCN(C)c1nc(Nc2cc(F)cc(C#N)c2)ncc1-c1cncc(C(=O)O)c1. The number of ether oxygens (including phenoxy) is 1. The third kappa shape index (κ3) is 5.53. The molecule has 1 aromatic carbocycles. The Bertz CT molecular complexity index is 1160. The number of hydrogen-bond acceptors (Lipinski definition) is 8. The zero-order valence-electron chi connectivity index (χ0n) is 17.5. The first kappa shape index (κ1) is 22.6. The zero-order chi connectivity index (χ0) is 23.1. The van der Waals surface area contributed by atoms with Crippen LogP contribution in [0, 0.1) is 17.1 Å². The van der Waals surface area contributed by atoms with E-state index in [4.69, 9.17) is 10.00 Å². The second-order valence-corrected chi connectivity index (χ2v) is 6.78. The van der Waals surface area contributed by atoms with Gasteiger partial charge < -0.3 is 20.1 Å². The number of halogens is 1. The summed E-state index contributed by atoms with van der Waals surface area (Å²) in [4.78, 5) is 26.0. The summed E-state index contributed by atoms with van der Waals surface area (Å²) in [5.74, 6) is -0.967. The average molecular weight is 436 g/mol. The summed E-state index contributed by atoms with van der Waals surface area (Å²) in [6.07, 6.45) is 4.33. The first-order chi connectivity index (χ1) is 15.4. The number of carboxylic acids is 1. The van der Waals surface area contributed by atoms with E-state index in [1.165, 1.54) is 36.8 Å². The van der Waals surface area contributed by atoms with E-state index >= 15 is 0 Å². The number of nitrogens with one attached hydrogen (secondary N) is 1. The molecule has 164 valence electrons. The van der Waals surface area contributed by atoms with Gasteiger partial charge in [0, 0.05) is 55.6 Å². The summed E-state index contributed by atoms with van der Waals surface area (Å²) in [6, 6.07) is 7.24. The lowest BCUT2D eigenvalue weighted by Gasteiger charge is -2.22. The van der Waals surface area contributed by atoms with Crippen LogP contribution in [0.3, 0.4) is 0 Å². The molecule has 9 nitrogen and oxygen atoms in total. The molecule has 0 fully saturated rings. The Morgan fingerprint density at radius 2 is 2.09 bits per heavy atom. The molecule has 0 amide bonds. The first-order valence-electron chi connectivity index (χ1n) is 9.73. The van der Waals surface area contributed by atoms with Crippen molar-refractivity contribution in [3.05, 3.63) is 59.8 Å². The number of hydrogen-bond donors (Lipinski definition) is 2. The van der Waals surface area contributed by atoms with Crippen molar-refractivity contribution in [1.82, 2.24) is 15.0 Å². The van der Waals surface area contributed by atoms with Gasteiger partial charge in [-0.05, 0) is 31.2 Å². The van der Waals surface area contributed by atoms with Crippen molar-refractivity contribution in [3.8, 4) is 17.2 Å². The molecule has 0 aliphatic carbocycles. The van der Waals surface area contributed by atoms with Gasteiger partial charge in [0.1, 0.15) is 11.6 Å². The van der Waals surface area contributed by atoms with Gasteiger partial charge in [0.15, 0.2) is 0 Å². The van der Waals surface area contributed by atoms with Crippen LogP contribution in [0.4, 0.5) is 21.8 Å². The van der Waals surface area contributed by atoms with E-state index in [0.717, 1.165) is 6.07 Å². The van der Waals surface area contributed by atoms with E-state index in [1.54, 1.807) is 0 Å². The van der Waals surface area contributed by atoms with Gasteiger partial charge in [0.05, 0.1) is 23.8 Å². The van der Waals surface area contributed by atoms with Crippen LogP contribution < -0.4 is 10.2 Å². The van der Waals surface area contributed by atoms with Gasteiger partial charge in [0.2, 0.25) is 5.95 Å². The topological polar surface area (TPSA) is 124 Å². The number of likely N-dealkylation sites (N-methyl/N-ethyl adjacent to an activating group) is 1. The maximum atomic E-state index is 13.8. The van der Waals surface area contributed by atoms with Gasteiger partial charge in [-0.2, -0.15) is 10.2 Å². The molecule has 0 saturated carbocycles. The highest BCUT2D eigenvalue weighted by Gasteiger charge is 2.16. The van der Waals surface area contributed by atoms with Gasteiger partial charge in [-0.3, -0.25) is 4.98 Å². The quantitative estimate of drug-likeness (QED) is 0.485. The predicted octanol–water partition coefficient (Wildman–Crippen LogP) is 3.46. The summed E-state index contributed by atoms with van der Waals surface area (Å²) < 4.78 is 19.2. The Morgan fingerprint density at radius 3 is 2.81 bits per heavy atom. The Morgan fingerprint density at radius 1 is 1.28 bits per heavy atom. The fourth-order valence-electron chi connectivity index (χ4n) is 2.94. The summed E-state index contributed by atoms with van der Waals surface area (Å²) in [5.41, 5.74) is 1.63. The fourth-order valence-corrected chi connectivity index (χ4v) is 2.94. The third-order valence-electron chi connectivity index (χ3n) is 4.48. The Kier molecular flexibility index (Phi) is 7.25. The van der Waals surface area contributed by atoms with E-state index in [2.05, 4.69) is 20.3 Å². The molecule has 0 saturated heterocycles. The molecule has 0 aliphatic heterocycles. The van der Waals surface area contributed by atoms with Gasteiger partial charge >= 0.3 is 5.97 Å². The molecule has 32 heavy (non-hydrogen) atoms. The summed E-state index contributed by atoms with van der Waals surface area (Å²) >= 11 is 0. The number of carbonyl (C=O) groups is 1. The maximum Gasteiger partial charge on any atom is 0.337 e. The van der Waals surface area contributed by atoms with E-state index in [9.17, 15) is 14.3 Å². The fraction of sp³-hybridized carbons (Fsp3) is 0.227. The molecule has 0 unspecified atom stereocenters. The highest BCUT2D eigenvalue weighted by molar-refractivity contribution is 5.89. The Hall–Kier alpha value is -4.10. The minimum Gasteiger partial charge on any atom is -0.478 e. The number of aromatic carboxylic acids is 1. The van der Waals surface area contributed by atoms with Crippen LogP contribution in [-0.2, 0) is 4.74 Å². The van der Waals surface area contributed by atoms with Crippen LogP contribution in [-0.4, -0.2) is 52.8 Å². The number of aromatic nitrogens is 3. The molecule has 0 atom stereocenters. The van der Waals surface area contributed by atoms with Gasteiger partial charge in [-0.15, -0.1) is 0 Å². The molecule has 2 N–H and O–H groups in total. The zero-order valence-corrected chi connectivity index (χ0v) is 17.5. The lowest BCUT2D eigenvalue weighted by molar-refractivity contribution is 0.0696. The molecule has 0 bridgehead atoms. The molecule has 0 aliphatic rings. The lowest BCUT2D eigenvalue weighted by Crippen LogP contribution is -2.24. The highest BCUT2D eigenvalue weighted by Crippen LogP contribution is 2.30. The third-order valence-corrected chi connectivity index (χ3v) is 4.48. The highest BCUT2D eigenvalue weighted by atomic mass is 19.1. The largest absolute Gasteiger partial charge is 0.478 e. The van der Waals surface area contributed by atoms with Crippen molar-refractivity contribution < 1.29 is 19.0 Å². The molecular weight excluding hydrogens is 415 g/mol. The van der Waals surface area contributed by atoms with Crippen LogP contribution in [0.5, 0.6) is 0 Å². The van der Waals surface area contributed by atoms with Gasteiger partial charge in [0.25, 0.3) is 0 Å². The average Bonchev–Trinajstić information content (AvgIpc) is 2.78. The second kappa shape index (κ2) is 10.3. The van der Waals surface area contributed by atoms with Crippen LogP contribution in [0.1, 0.15) is 22.8 Å². The van der Waals surface area contributed by atoms with Gasteiger partial charge in [-0.25, -0.2) is 14.2 Å². The number of rotatable bonds is 9. The molecule has 10 heteroatoms. The normalized spacial score (nSPS) is 10.4. The van der Waals surface area contributed by atoms with Gasteiger partial charge in [-0.1, -0.05) is 0 Å². The number of benzene rings is 1. The number of nitriles is 1. The standard InChI is InChI=1S/C22H21FN6O3/c1-3-32-5-4-29(2)20-19(15-8-16(21(30)31)12-25-11-15)13-26-22(28-20)27-18-7-14(10-24)6-17(23)9-18/h6-9,11-13H,3-5H2,1-2H3,(H,30,31)(H,26,27,28). The van der Waals surface area contributed by atoms with Crippen LogP contribution in [0.15, 0.2) is 42.9 Å². The first-order valence-corrected chi connectivity index (χ1v) is 9.73. The van der Waals surface area contributed by atoms with Crippen molar-refractivity contribution in [3.63, 3.8) is 0 Å². The number of nitrogens with zero attached hydrogens (tertiary/aromatic N) is 5. The van der Waals surface area contributed by atoms with Crippen molar-refractivity contribution in [2.45, 2.75) is 6.92 Å². The van der Waals surface area contributed by atoms with Crippen molar-refractivity contribution in [2.75, 3.05) is 37.0 Å². The number of pyridine rings is 1. The van der Waals surface area contributed by atoms with Crippen LogP contribution >= 0.6 is 0 Å². The second-order valence-electron chi connectivity index (χ2n) is 6.78. The minimum atomic E-state index is -1.09. The van der Waals surface area contributed by atoms with E-state index < -0.39 is 11.8 Å². The summed E-state index contributed by atoms with van der Waals surface area (Å²) in [7, 11) is 1.82. The predicted molar refractivity (Wildman–Crippen MR) is 116 cm³/mol. The molecule has 0 spiro atoms. The Labute approximate surface area is 184 Å². The lowest BCUT2D eigenvalue weighted by atomic mass is 10.1. The van der Waals surface area contributed by atoms with Crippen molar-refractivity contribution >= 4 is 23.4 Å². The summed E-state index contributed by atoms with van der Waals surface area (Å²) in [5, 5.41) is 21.3. The molecule has 2 aromatic heterocycles. The van der Waals surface area contributed by atoms with Crippen molar-refractivity contribution in [2.24, 2.45) is 0 Å². The maximum absolute atomic E-state index is 13.8. The van der Waals surface area contributed by atoms with Crippen molar-refractivity contribution in [1.29, 1.82) is 5.26 Å². The monoisotopic (exact) mass is 436 g/mol. The Balaban J connectivity index is 2.00. The van der Waals surface area contributed by atoms with E-state index in [1.807, 2.05) is 24.9 Å². The van der Waals surface area contributed by atoms with E-state index in [-0.39, 0.29) is 17.1 Å². The molecule has 3 rings (SSSR count). The molecule has 0 radical (unpaired) electrons. The smallest absolute Gasteiger partial charge is 0.337 e. The molecule has 3 aromatic rings. The molecule has 2 heterocycles.